The number of aliphatic hydroxyl groups excluding tert-OH is 2. The Bertz CT molecular complexity index is 571. The minimum absolute atomic E-state index is 0.0888. The van der Waals surface area contributed by atoms with Gasteiger partial charge in [-0.3, -0.25) is 0 Å². The van der Waals surface area contributed by atoms with Crippen LogP contribution in [-0.4, -0.2) is 48.2 Å². The number of carboxylic acid groups (broad SMARTS) is 1. The fraction of sp³-hybridized carbons (Fsp3) is 0.300. The van der Waals surface area contributed by atoms with E-state index in [9.17, 15) is 18.3 Å². The molecule has 0 saturated heterocycles. The molecule has 1 unspecified atom stereocenters. The summed E-state index contributed by atoms with van der Waals surface area (Å²) in [5, 5.41) is 31.8. The van der Waals surface area contributed by atoms with E-state index in [1.54, 1.807) is 0 Å². The van der Waals surface area contributed by atoms with Crippen molar-refractivity contribution in [1.29, 1.82) is 0 Å². The summed E-state index contributed by atoms with van der Waals surface area (Å²) in [4.78, 5) is 11.0. The number of carboxylic acids is 1. The zero-order chi connectivity index (χ0) is 14.6. The van der Waals surface area contributed by atoms with Gasteiger partial charge in [0.25, 0.3) is 0 Å². The average molecular weight is 307 g/mol. The van der Waals surface area contributed by atoms with Gasteiger partial charge >= 0.3 is 5.97 Å². The quantitative estimate of drug-likeness (QED) is 0.519. The Morgan fingerprint density at radius 2 is 2.05 bits per heavy atom. The van der Waals surface area contributed by atoms with Gasteiger partial charge in [0.05, 0.1) is 23.2 Å². The first kappa shape index (κ1) is 15.9. The number of hydrogen-bond donors (Lipinski definition) is 4. The Morgan fingerprint density at radius 3 is 2.53 bits per heavy atom. The van der Waals surface area contributed by atoms with Gasteiger partial charge in [-0.25, -0.2) is 18.4 Å². The van der Waals surface area contributed by atoms with E-state index in [1.807, 2.05) is 0 Å². The highest BCUT2D eigenvalue weighted by Gasteiger charge is 2.17. The monoisotopic (exact) mass is 307 g/mol. The standard InChI is InChI=1S/C10H13NO6S2/c11-19(16,17)7-1-2-9(8(3-7)10(14)15)18-5-6(13)4-12/h1-3,6,12-13H,4-5H2,(H,14,15)(H2,11,16,17). The zero-order valence-electron chi connectivity index (χ0n) is 9.68. The molecular weight excluding hydrogens is 294 g/mol. The van der Waals surface area contributed by atoms with Crippen LogP contribution in [0.1, 0.15) is 10.4 Å². The third-order valence-corrected chi connectivity index (χ3v) is 4.28. The van der Waals surface area contributed by atoms with Crippen LogP contribution >= 0.6 is 11.8 Å². The van der Waals surface area contributed by atoms with Gasteiger partial charge in [0.2, 0.25) is 10.0 Å². The maximum atomic E-state index is 11.1. The summed E-state index contributed by atoms with van der Waals surface area (Å²) in [6.45, 7) is -0.440. The van der Waals surface area contributed by atoms with Gasteiger partial charge < -0.3 is 15.3 Å². The van der Waals surface area contributed by atoms with Crippen LogP contribution in [0.2, 0.25) is 0 Å². The number of primary sulfonamides is 1. The molecule has 0 saturated carbocycles. The number of aliphatic hydroxyl groups is 2. The van der Waals surface area contributed by atoms with Crippen molar-refractivity contribution >= 4 is 27.8 Å². The second-order valence-electron chi connectivity index (χ2n) is 3.66. The van der Waals surface area contributed by atoms with Crippen LogP contribution < -0.4 is 5.14 Å². The summed E-state index contributed by atoms with van der Waals surface area (Å²) in [5.41, 5.74) is -0.221. The van der Waals surface area contributed by atoms with E-state index in [-0.39, 0.29) is 21.1 Å². The molecule has 19 heavy (non-hydrogen) atoms. The molecule has 9 heteroatoms. The molecule has 0 spiro atoms. The molecule has 106 valence electrons. The third kappa shape index (κ3) is 4.48. The Balaban J connectivity index is 3.09. The van der Waals surface area contributed by atoms with E-state index in [0.29, 0.717) is 0 Å². The van der Waals surface area contributed by atoms with Gasteiger partial charge in [-0.05, 0) is 18.2 Å². The van der Waals surface area contributed by atoms with E-state index in [4.69, 9.17) is 15.4 Å². The fourth-order valence-electron chi connectivity index (χ4n) is 1.22. The second-order valence-corrected chi connectivity index (χ2v) is 6.28. The summed E-state index contributed by atoms with van der Waals surface area (Å²) >= 11 is 1.00. The van der Waals surface area contributed by atoms with Crippen LogP contribution in [0.4, 0.5) is 0 Å². The molecule has 0 amide bonds. The minimum Gasteiger partial charge on any atom is -0.478 e. The van der Waals surface area contributed by atoms with Crippen LogP contribution in [0, 0.1) is 0 Å². The predicted octanol–water partition coefficient (Wildman–Crippen LogP) is -0.522. The van der Waals surface area contributed by atoms with Crippen molar-refractivity contribution in [3.8, 4) is 0 Å². The maximum Gasteiger partial charge on any atom is 0.336 e. The van der Waals surface area contributed by atoms with Crippen molar-refractivity contribution in [1.82, 2.24) is 0 Å². The van der Waals surface area contributed by atoms with Crippen molar-refractivity contribution in [3.05, 3.63) is 23.8 Å². The Labute approximate surface area is 114 Å². The second kappa shape index (κ2) is 6.35. The van der Waals surface area contributed by atoms with Crippen LogP contribution in [0.5, 0.6) is 0 Å². The lowest BCUT2D eigenvalue weighted by Gasteiger charge is -2.10. The minimum atomic E-state index is -3.97. The first-order valence-corrected chi connectivity index (χ1v) is 7.60. The van der Waals surface area contributed by atoms with Gasteiger partial charge in [-0.2, -0.15) is 0 Å². The smallest absolute Gasteiger partial charge is 0.336 e. The summed E-state index contributed by atoms with van der Waals surface area (Å²) in [7, 11) is -3.97. The highest BCUT2D eigenvalue weighted by molar-refractivity contribution is 7.99. The lowest BCUT2D eigenvalue weighted by Crippen LogP contribution is -2.16. The van der Waals surface area contributed by atoms with E-state index < -0.39 is 28.7 Å². The van der Waals surface area contributed by atoms with Gasteiger partial charge in [0.1, 0.15) is 0 Å². The molecule has 1 aromatic carbocycles. The molecule has 7 nitrogen and oxygen atoms in total. The molecule has 1 rings (SSSR count). The molecule has 0 fully saturated rings. The van der Waals surface area contributed by atoms with Crippen molar-refractivity contribution in [2.75, 3.05) is 12.4 Å². The lowest BCUT2D eigenvalue weighted by molar-refractivity contribution is 0.0692. The summed E-state index contributed by atoms with van der Waals surface area (Å²) in [5.74, 6) is -1.21. The van der Waals surface area contributed by atoms with Crippen LogP contribution in [0.3, 0.4) is 0 Å². The summed E-state index contributed by atoms with van der Waals surface area (Å²) in [6, 6.07) is 3.46. The first-order chi connectivity index (χ1) is 8.75. The Kier molecular flexibility index (Phi) is 5.32. The van der Waals surface area contributed by atoms with Crippen molar-refractivity contribution in [3.63, 3.8) is 0 Å². The van der Waals surface area contributed by atoms with Gasteiger partial charge in [-0.15, -0.1) is 11.8 Å². The molecule has 0 bridgehead atoms. The molecule has 0 aliphatic carbocycles. The summed E-state index contributed by atoms with van der Waals surface area (Å²) in [6.07, 6.45) is -0.982. The topological polar surface area (TPSA) is 138 Å². The number of benzene rings is 1. The van der Waals surface area contributed by atoms with Gasteiger partial charge in [-0.1, -0.05) is 0 Å². The molecule has 1 atom stereocenters. The Hall–Kier alpha value is -1.13. The number of nitrogens with two attached hydrogens (primary N) is 1. The highest BCUT2D eigenvalue weighted by atomic mass is 32.2. The van der Waals surface area contributed by atoms with Crippen LogP contribution in [0.15, 0.2) is 28.0 Å². The van der Waals surface area contributed by atoms with Crippen LogP contribution in [0.25, 0.3) is 0 Å². The Morgan fingerprint density at radius 1 is 1.42 bits per heavy atom. The van der Waals surface area contributed by atoms with Crippen molar-refractivity contribution in [2.24, 2.45) is 5.14 Å². The molecule has 0 radical (unpaired) electrons. The van der Waals surface area contributed by atoms with E-state index in [1.165, 1.54) is 12.1 Å². The van der Waals surface area contributed by atoms with E-state index in [2.05, 4.69) is 0 Å². The molecule has 0 aliphatic rings. The van der Waals surface area contributed by atoms with Gasteiger partial charge in [0, 0.05) is 10.6 Å². The van der Waals surface area contributed by atoms with E-state index in [0.717, 1.165) is 17.8 Å². The van der Waals surface area contributed by atoms with E-state index >= 15 is 0 Å². The number of carbonyl (C=O) groups is 1. The SMILES string of the molecule is NS(=O)(=O)c1ccc(SCC(O)CO)c(C(=O)O)c1. The number of thioether (sulfide) groups is 1. The average Bonchev–Trinajstić information content (AvgIpc) is 2.34. The van der Waals surface area contributed by atoms with Crippen molar-refractivity contribution in [2.45, 2.75) is 15.9 Å². The molecule has 5 N–H and O–H groups in total. The molecule has 0 aromatic heterocycles. The largest absolute Gasteiger partial charge is 0.478 e. The molecule has 1 aromatic rings. The first-order valence-electron chi connectivity index (χ1n) is 5.07. The number of rotatable bonds is 6. The normalized spacial score (nSPS) is 13.2. The number of sulfonamides is 1. The van der Waals surface area contributed by atoms with Crippen LogP contribution in [-0.2, 0) is 10.0 Å². The molecule has 0 heterocycles. The molecule has 0 aliphatic heterocycles. The zero-order valence-corrected chi connectivity index (χ0v) is 11.3. The summed E-state index contributed by atoms with van der Waals surface area (Å²) < 4.78 is 22.3. The maximum absolute atomic E-state index is 11.1. The lowest BCUT2D eigenvalue weighted by atomic mass is 10.2. The van der Waals surface area contributed by atoms with Crippen molar-refractivity contribution < 1.29 is 28.5 Å². The number of aromatic carboxylic acids is 1. The third-order valence-electron chi connectivity index (χ3n) is 2.15. The van der Waals surface area contributed by atoms with Gasteiger partial charge in [0.15, 0.2) is 0 Å². The number of hydrogen-bond acceptors (Lipinski definition) is 6. The predicted molar refractivity (Wildman–Crippen MR) is 68.6 cm³/mol. The molecular formula is C10H13NO6S2. The fourth-order valence-corrected chi connectivity index (χ4v) is 2.70. The highest BCUT2D eigenvalue weighted by Crippen LogP contribution is 2.26.